The van der Waals surface area contributed by atoms with E-state index in [1.165, 1.54) is 0 Å². The molecule has 1 saturated heterocycles. The normalized spacial score (nSPS) is 17.7. The van der Waals surface area contributed by atoms with Crippen LogP contribution in [0.15, 0.2) is 18.2 Å². The van der Waals surface area contributed by atoms with Gasteiger partial charge >= 0.3 is 0 Å². The summed E-state index contributed by atoms with van der Waals surface area (Å²) in [5.41, 5.74) is 0.717. The van der Waals surface area contributed by atoms with Crippen molar-refractivity contribution in [3.05, 3.63) is 18.2 Å². The van der Waals surface area contributed by atoms with Crippen molar-refractivity contribution in [3.63, 3.8) is 0 Å². The Hall–Kier alpha value is -1.83. The SMILES string of the molecule is O=C(CNCCN1CCOCC1)Nc1ccc2c(c1)OCCO2. The number of hydrogen-bond donors (Lipinski definition) is 2. The van der Waals surface area contributed by atoms with Gasteiger partial charge in [0.25, 0.3) is 0 Å². The number of nitrogens with zero attached hydrogens (tertiary/aromatic N) is 1. The standard InChI is InChI=1S/C16H23N3O4/c20-16(12-17-3-4-19-5-7-21-8-6-19)18-13-1-2-14-15(11-13)23-10-9-22-14/h1-2,11,17H,3-10,12H2,(H,18,20). The second kappa shape index (κ2) is 8.14. The van der Waals surface area contributed by atoms with Crippen LogP contribution in [0.4, 0.5) is 5.69 Å². The van der Waals surface area contributed by atoms with Gasteiger partial charge in [-0.05, 0) is 12.1 Å². The van der Waals surface area contributed by atoms with Crippen LogP contribution in [0.2, 0.25) is 0 Å². The summed E-state index contributed by atoms with van der Waals surface area (Å²) in [6.45, 7) is 6.62. The second-order valence-electron chi connectivity index (χ2n) is 5.54. The maximum Gasteiger partial charge on any atom is 0.238 e. The Morgan fingerprint density at radius 3 is 2.70 bits per heavy atom. The van der Waals surface area contributed by atoms with E-state index in [0.717, 1.165) is 45.1 Å². The van der Waals surface area contributed by atoms with E-state index in [2.05, 4.69) is 15.5 Å². The predicted octanol–water partition coefficient (Wildman–Crippen LogP) is 0.318. The topological polar surface area (TPSA) is 72.1 Å². The summed E-state index contributed by atoms with van der Waals surface area (Å²) in [5.74, 6) is 1.33. The fourth-order valence-corrected chi connectivity index (χ4v) is 2.59. The highest BCUT2D eigenvalue weighted by molar-refractivity contribution is 5.92. The first kappa shape index (κ1) is 16.0. The van der Waals surface area contributed by atoms with Gasteiger partial charge in [0, 0.05) is 37.9 Å². The van der Waals surface area contributed by atoms with Crippen molar-refractivity contribution in [1.82, 2.24) is 10.2 Å². The lowest BCUT2D eigenvalue weighted by molar-refractivity contribution is -0.115. The zero-order chi connectivity index (χ0) is 15.9. The van der Waals surface area contributed by atoms with Crippen molar-refractivity contribution in [2.45, 2.75) is 0 Å². The summed E-state index contributed by atoms with van der Waals surface area (Å²) in [5, 5.41) is 6.02. The quantitative estimate of drug-likeness (QED) is 0.735. The van der Waals surface area contributed by atoms with Crippen LogP contribution in [-0.2, 0) is 9.53 Å². The zero-order valence-electron chi connectivity index (χ0n) is 13.2. The number of anilines is 1. The molecule has 23 heavy (non-hydrogen) atoms. The van der Waals surface area contributed by atoms with E-state index in [-0.39, 0.29) is 5.91 Å². The van der Waals surface area contributed by atoms with Crippen LogP contribution in [0, 0.1) is 0 Å². The molecule has 2 aliphatic heterocycles. The molecule has 0 spiro atoms. The van der Waals surface area contributed by atoms with E-state index in [1.807, 2.05) is 12.1 Å². The van der Waals surface area contributed by atoms with Crippen molar-refractivity contribution < 1.29 is 19.0 Å². The number of benzene rings is 1. The van der Waals surface area contributed by atoms with Gasteiger partial charge in [-0.25, -0.2) is 0 Å². The first-order valence-corrected chi connectivity index (χ1v) is 8.01. The van der Waals surface area contributed by atoms with Gasteiger partial charge in [-0.1, -0.05) is 0 Å². The summed E-state index contributed by atoms with van der Waals surface area (Å²) in [6, 6.07) is 5.43. The number of carbonyl (C=O) groups excluding carboxylic acids is 1. The van der Waals surface area contributed by atoms with E-state index in [9.17, 15) is 4.79 Å². The average Bonchev–Trinajstić information content (AvgIpc) is 2.59. The molecule has 1 aromatic rings. The van der Waals surface area contributed by atoms with Gasteiger partial charge in [-0.2, -0.15) is 0 Å². The number of morpholine rings is 1. The Labute approximate surface area is 135 Å². The fraction of sp³-hybridized carbons (Fsp3) is 0.562. The lowest BCUT2D eigenvalue weighted by Crippen LogP contribution is -2.41. The Morgan fingerprint density at radius 1 is 1.09 bits per heavy atom. The summed E-state index contributed by atoms with van der Waals surface area (Å²) < 4.78 is 16.3. The van der Waals surface area contributed by atoms with Crippen molar-refractivity contribution in [1.29, 1.82) is 0 Å². The second-order valence-corrected chi connectivity index (χ2v) is 5.54. The molecule has 0 aromatic heterocycles. The lowest BCUT2D eigenvalue weighted by atomic mass is 10.2. The van der Waals surface area contributed by atoms with Gasteiger partial charge in [-0.15, -0.1) is 0 Å². The molecule has 7 nitrogen and oxygen atoms in total. The Kier molecular flexibility index (Phi) is 5.68. The molecule has 2 N–H and O–H groups in total. The minimum Gasteiger partial charge on any atom is -0.486 e. The van der Waals surface area contributed by atoms with Crippen LogP contribution in [-0.4, -0.2) is 70.0 Å². The van der Waals surface area contributed by atoms with E-state index in [1.54, 1.807) is 6.07 Å². The number of nitrogens with one attached hydrogen (secondary N) is 2. The van der Waals surface area contributed by atoms with Crippen LogP contribution < -0.4 is 20.1 Å². The number of fused-ring (bicyclic) bond motifs is 1. The summed E-state index contributed by atoms with van der Waals surface area (Å²) in [6.07, 6.45) is 0. The molecule has 0 radical (unpaired) electrons. The highest BCUT2D eigenvalue weighted by Crippen LogP contribution is 2.32. The smallest absolute Gasteiger partial charge is 0.238 e. The Balaban J connectivity index is 1.37. The maximum atomic E-state index is 12.0. The molecule has 0 aliphatic carbocycles. The van der Waals surface area contributed by atoms with Crippen molar-refractivity contribution >= 4 is 11.6 Å². The van der Waals surface area contributed by atoms with E-state index < -0.39 is 0 Å². The van der Waals surface area contributed by atoms with E-state index in [4.69, 9.17) is 14.2 Å². The molecule has 0 unspecified atom stereocenters. The van der Waals surface area contributed by atoms with Gasteiger partial charge < -0.3 is 24.8 Å². The van der Waals surface area contributed by atoms with Crippen LogP contribution in [0.25, 0.3) is 0 Å². The third-order valence-electron chi connectivity index (χ3n) is 3.82. The van der Waals surface area contributed by atoms with Gasteiger partial charge in [0.15, 0.2) is 11.5 Å². The molecular formula is C16H23N3O4. The highest BCUT2D eigenvalue weighted by Gasteiger charge is 2.13. The fourth-order valence-electron chi connectivity index (χ4n) is 2.59. The zero-order valence-corrected chi connectivity index (χ0v) is 13.2. The molecule has 3 rings (SSSR count). The number of amides is 1. The van der Waals surface area contributed by atoms with Gasteiger partial charge in [0.05, 0.1) is 19.8 Å². The largest absolute Gasteiger partial charge is 0.486 e. The minimum absolute atomic E-state index is 0.0661. The third-order valence-corrected chi connectivity index (χ3v) is 3.82. The van der Waals surface area contributed by atoms with E-state index in [0.29, 0.717) is 31.2 Å². The third kappa shape index (κ3) is 4.82. The van der Waals surface area contributed by atoms with Crippen molar-refractivity contribution in [3.8, 4) is 11.5 Å². The molecule has 2 heterocycles. The minimum atomic E-state index is -0.0661. The summed E-state index contributed by atoms with van der Waals surface area (Å²) >= 11 is 0. The molecule has 2 aliphatic rings. The average molecular weight is 321 g/mol. The van der Waals surface area contributed by atoms with Crippen LogP contribution in [0.5, 0.6) is 11.5 Å². The molecular weight excluding hydrogens is 298 g/mol. The molecule has 1 fully saturated rings. The molecule has 126 valence electrons. The van der Waals surface area contributed by atoms with E-state index >= 15 is 0 Å². The first-order valence-electron chi connectivity index (χ1n) is 8.01. The van der Waals surface area contributed by atoms with Crippen LogP contribution in [0.3, 0.4) is 0 Å². The van der Waals surface area contributed by atoms with Crippen molar-refractivity contribution in [2.24, 2.45) is 0 Å². The lowest BCUT2D eigenvalue weighted by Gasteiger charge is -2.26. The molecule has 7 heteroatoms. The number of carbonyl (C=O) groups is 1. The number of ether oxygens (including phenoxy) is 3. The van der Waals surface area contributed by atoms with Crippen LogP contribution in [0.1, 0.15) is 0 Å². The molecule has 1 aromatic carbocycles. The van der Waals surface area contributed by atoms with Gasteiger partial charge in [0.1, 0.15) is 13.2 Å². The predicted molar refractivity (Wildman–Crippen MR) is 86.2 cm³/mol. The van der Waals surface area contributed by atoms with Gasteiger partial charge in [0.2, 0.25) is 5.91 Å². The molecule has 0 saturated carbocycles. The van der Waals surface area contributed by atoms with Crippen molar-refractivity contribution in [2.75, 3.05) is 64.5 Å². The molecule has 1 amide bonds. The first-order chi connectivity index (χ1) is 11.3. The number of rotatable bonds is 6. The van der Waals surface area contributed by atoms with Crippen LogP contribution >= 0.6 is 0 Å². The summed E-state index contributed by atoms with van der Waals surface area (Å²) in [7, 11) is 0. The summed E-state index contributed by atoms with van der Waals surface area (Å²) in [4.78, 5) is 14.3. The molecule has 0 bridgehead atoms. The maximum absolute atomic E-state index is 12.0. The van der Waals surface area contributed by atoms with Gasteiger partial charge in [-0.3, -0.25) is 9.69 Å². The molecule has 0 atom stereocenters. The Bertz CT molecular complexity index is 532. The number of hydrogen-bond acceptors (Lipinski definition) is 6. The monoisotopic (exact) mass is 321 g/mol. The Morgan fingerprint density at radius 2 is 1.87 bits per heavy atom. The highest BCUT2D eigenvalue weighted by atomic mass is 16.6.